The summed E-state index contributed by atoms with van der Waals surface area (Å²) in [6.45, 7) is 20.7. The molecule has 8 aliphatic heterocycles. The number of rotatable bonds is 35. The number of carbonyl (C=O) groups is 3. The van der Waals surface area contributed by atoms with Crippen molar-refractivity contribution in [3.05, 3.63) is 60.3 Å². The molecule has 26 N–H and O–H groups in total. The second-order valence-electron chi connectivity index (χ2n) is 43.4. The molecule has 47 nitrogen and oxygen atoms in total. The van der Waals surface area contributed by atoms with E-state index < -0.39 is 379 Å². The lowest BCUT2D eigenvalue weighted by Gasteiger charge is -2.72. The molecule has 50 atom stereocenters. The predicted octanol–water partition coefficient (Wildman–Crippen LogP) is -7.09. The fraction of sp³-hybridized carbons (Fsp3) is 0.865. The van der Waals surface area contributed by atoms with E-state index in [4.69, 9.17) is 85.3 Å². The van der Waals surface area contributed by atoms with Gasteiger partial charge in [0.2, 0.25) is 6.29 Å². The molecular weight excluding hydrogens is 1910 g/mol. The summed E-state index contributed by atoms with van der Waals surface area (Å²) in [6.07, 6.45) is -64.9. The van der Waals surface area contributed by atoms with Crippen LogP contribution < -0.4 is 0 Å². The first-order chi connectivity index (χ1) is 67.1. The van der Waals surface area contributed by atoms with Gasteiger partial charge in [0.05, 0.1) is 99.6 Å². The molecule has 0 aromatic carbocycles. The number of hydrogen-bond acceptors (Lipinski definition) is 47. The maximum absolute atomic E-state index is 16.9. The van der Waals surface area contributed by atoms with Crippen LogP contribution in [0.5, 0.6) is 0 Å². The highest BCUT2D eigenvalue weighted by Gasteiger charge is 2.74. The third kappa shape index (κ3) is 22.4. The Hall–Kier alpha value is -4.53. The normalized spacial score (nSPS) is 48.2. The summed E-state index contributed by atoms with van der Waals surface area (Å²) in [4.78, 5) is 45.3. The number of esters is 3. The van der Waals surface area contributed by atoms with Crippen molar-refractivity contribution in [1.29, 1.82) is 0 Å². The van der Waals surface area contributed by atoms with Crippen molar-refractivity contribution < 1.29 is 232 Å². The molecule has 1 unspecified atom stereocenters. The van der Waals surface area contributed by atoms with Gasteiger partial charge in [0, 0.05) is 11.8 Å². The second kappa shape index (κ2) is 45.8. The first kappa shape index (κ1) is 116. The summed E-state index contributed by atoms with van der Waals surface area (Å²) in [7, 11) is 0. The van der Waals surface area contributed by atoms with Crippen molar-refractivity contribution in [2.75, 3.05) is 52.9 Å². The Balaban J connectivity index is 0.802. The van der Waals surface area contributed by atoms with Crippen LogP contribution in [0.2, 0.25) is 0 Å². The number of aliphatic hydroxyl groups excluding tert-OH is 25. The number of aliphatic hydroxyl groups is 26. The minimum absolute atomic E-state index is 0.0640. The molecule has 0 radical (unpaired) electrons. The van der Waals surface area contributed by atoms with Crippen LogP contribution in [-0.4, -0.2) is 466 Å². The standard InChI is InChI=1S/C96H152O47/c1-14-91(9,125)24-16-18-42(32-98)79(123)137-73-39(3)129-85(71(120)66(73)115)143-92(10,15-2)25-17-19-41(31-97)78(122)135-55-30-96(88(124)142-87-77(64(113)59(108)48(35-101)133-87)141-84-72(121)75(139-82-69(118)62(111)57(106)46(33-99)130-82)74(40(4)128-84)138-81-68(117)60(109)49(36-102)132-81)44(28-89(55,5)6)43-20-21-52-93(11)26-23-54(90(7,8)51(93)22-27-94(52,12)95(43,13)29-53(96)104)136-86-76(140-83-70(119)63(112)58(107)47(34-100)131-83)65(114)61(110)50(134-86)38-127-80-67(116)56(105)45(103)37-126-80/h14-15,18-20,39-40,44-77,80-87,97-121,125H,1-2,16-17,21-38H2,3-13H3/b41-19+,42-18+/t39-,40+,44+,45-,46-,47-,48-,49+,50-,51+,52-,53-,54+,55+,56+,57-,58-,59-,60+,61-,62+,63+,64+,65+,66-,67-,68-,69-,70-,71-,72-,73-,74+,75+,76-,77-,80+,81+,82+,83+,84+,85+,86+,87+,91?,92+,93+,94-,95-,96-/m1/s1. The predicted molar refractivity (Wildman–Crippen MR) is 479 cm³/mol. The highest BCUT2D eigenvalue weighted by molar-refractivity contribution is 5.89. The molecule has 0 aromatic heterocycles. The molecule has 4 saturated carbocycles. The highest BCUT2D eigenvalue weighted by Crippen LogP contribution is 2.76. The summed E-state index contributed by atoms with van der Waals surface area (Å²) in [5, 5.41) is 290. The maximum atomic E-state index is 16.9. The first-order valence-corrected chi connectivity index (χ1v) is 49.2. The van der Waals surface area contributed by atoms with Crippen LogP contribution in [0.4, 0.5) is 0 Å². The Bertz CT molecular complexity index is 4370. The van der Waals surface area contributed by atoms with Gasteiger partial charge in [-0.25, -0.2) is 9.59 Å². The van der Waals surface area contributed by atoms with Crippen LogP contribution in [-0.2, 0) is 99.6 Å². The average Bonchev–Trinajstić information content (AvgIpc) is 1.15. The SMILES string of the molecule is C=CC(C)(O)CC/C=C(\CO)C(=O)O[C@H]1[C@H](O)[C@@H](O)[C@H](O[C@@](C)(C=C)CC/C=C(\CO)C(=O)O[C@H]2C[C@]3(C(=O)O[C@@H]4O[C@H](CO)[C@@H](O)[C@H](O)[C@H]4O[C@@H]4O[C@@H](C)[C@H](O[C@@H]5O[C@@H](CO)[C@H](O)[C@H]5O)[C@@H](O[C@@H]5O[C@H](CO)[C@@H](O)[C@H](O)[C@H]5O)[C@H]4O)[C@H](O)C[C@]4(C)C(=CC[C@@H]5[C@@]6(C)CC[C@H](O[C@@H]7O[C@H](CO[C@@H]8OC[C@@H](O)[C@H](O)[C@H]8O)[C@@H](O)[C@H](O)[C@H]7O[C@@H]7O[C@H](CO)[C@@H](O)[C@H](O)[C@H]7O)C(C)(C)[C@@H]6CC[C@]54C)[C@@H]3CC2(C)C)O[C@@H]1C. The van der Waals surface area contributed by atoms with E-state index in [1.54, 1.807) is 20.8 Å². The van der Waals surface area contributed by atoms with Crippen molar-refractivity contribution in [3.63, 3.8) is 0 Å². The van der Waals surface area contributed by atoms with Gasteiger partial charge in [-0.2, -0.15) is 0 Å². The summed E-state index contributed by atoms with van der Waals surface area (Å²) >= 11 is 0. The Kier molecular flexibility index (Phi) is 37.0. The van der Waals surface area contributed by atoms with E-state index in [0.717, 1.165) is 0 Å². The molecule has 5 aliphatic carbocycles. The lowest BCUT2D eigenvalue weighted by Crippen LogP contribution is -2.70. The molecule has 0 aromatic rings. The van der Waals surface area contributed by atoms with E-state index >= 15 is 9.59 Å². The number of hydrogen-bond donors (Lipinski definition) is 26. The van der Waals surface area contributed by atoms with E-state index in [-0.39, 0.29) is 67.9 Å². The van der Waals surface area contributed by atoms with E-state index in [2.05, 4.69) is 33.1 Å². The molecule has 0 bridgehead atoms. The zero-order valence-electron chi connectivity index (χ0n) is 82.0. The second-order valence-corrected chi connectivity index (χ2v) is 43.4. The van der Waals surface area contributed by atoms with Crippen molar-refractivity contribution in [2.45, 2.75) is 416 Å². The van der Waals surface area contributed by atoms with Crippen molar-refractivity contribution >= 4 is 17.9 Å². The summed E-state index contributed by atoms with van der Waals surface area (Å²) in [6, 6.07) is 0. The molecule has 0 amide bonds. The average molecular weight is 2060 g/mol. The van der Waals surface area contributed by atoms with Gasteiger partial charge in [0.1, 0.15) is 170 Å². The summed E-state index contributed by atoms with van der Waals surface area (Å²) in [5.74, 6) is -5.03. The van der Waals surface area contributed by atoms with Crippen LogP contribution >= 0.6 is 0 Å². The van der Waals surface area contributed by atoms with Gasteiger partial charge in [-0.3, -0.25) is 4.79 Å². The molecular formula is C96H152O47. The molecule has 8 heterocycles. The molecule has 143 heavy (non-hydrogen) atoms. The monoisotopic (exact) mass is 2060 g/mol. The fourth-order valence-corrected chi connectivity index (χ4v) is 24.3. The maximum Gasteiger partial charge on any atom is 0.336 e. The van der Waals surface area contributed by atoms with Gasteiger partial charge in [0.25, 0.3) is 0 Å². The van der Waals surface area contributed by atoms with Crippen LogP contribution in [0, 0.1) is 50.2 Å². The van der Waals surface area contributed by atoms with Crippen molar-refractivity contribution in [2.24, 2.45) is 50.2 Å². The van der Waals surface area contributed by atoms with Gasteiger partial charge >= 0.3 is 17.9 Å². The molecule has 818 valence electrons. The molecule has 47 heteroatoms. The largest absolute Gasteiger partial charge is 0.458 e. The van der Waals surface area contributed by atoms with Crippen LogP contribution in [0.3, 0.4) is 0 Å². The van der Waals surface area contributed by atoms with Crippen LogP contribution in [0.25, 0.3) is 0 Å². The zero-order valence-corrected chi connectivity index (χ0v) is 82.0. The lowest BCUT2D eigenvalue weighted by atomic mass is 9.33. The lowest BCUT2D eigenvalue weighted by molar-refractivity contribution is -0.390. The number of carbonyl (C=O) groups excluding carboxylic acids is 3. The van der Waals surface area contributed by atoms with E-state index in [0.29, 0.717) is 31.3 Å². The van der Waals surface area contributed by atoms with E-state index in [1.165, 1.54) is 45.1 Å². The van der Waals surface area contributed by atoms with Gasteiger partial charge in [0.15, 0.2) is 56.2 Å². The van der Waals surface area contributed by atoms with E-state index in [1.807, 2.05) is 20.8 Å². The van der Waals surface area contributed by atoms with Gasteiger partial charge in [-0.15, -0.1) is 13.2 Å². The minimum Gasteiger partial charge on any atom is -0.458 e. The van der Waals surface area contributed by atoms with Gasteiger partial charge in [-0.1, -0.05) is 84.4 Å². The minimum atomic E-state index is -2.31. The number of ether oxygens (including phenoxy) is 18. The highest BCUT2D eigenvalue weighted by atomic mass is 16.8. The molecule has 13 rings (SSSR count). The molecule has 12 fully saturated rings. The third-order valence-corrected chi connectivity index (χ3v) is 33.6. The number of fused-ring (bicyclic) bond motifs is 7. The van der Waals surface area contributed by atoms with Gasteiger partial charge in [-0.05, 0) is 138 Å². The van der Waals surface area contributed by atoms with Crippen LogP contribution in [0.15, 0.2) is 60.3 Å². The summed E-state index contributed by atoms with van der Waals surface area (Å²) in [5.41, 5.74) is -9.43. The smallest absolute Gasteiger partial charge is 0.336 e. The Labute approximate surface area is 826 Å². The van der Waals surface area contributed by atoms with Crippen LogP contribution in [0.1, 0.15) is 153 Å². The Morgan fingerprint density at radius 1 is 0.448 bits per heavy atom. The zero-order chi connectivity index (χ0) is 105. The van der Waals surface area contributed by atoms with Gasteiger partial charge < -0.3 is 218 Å². The Morgan fingerprint density at radius 3 is 1.46 bits per heavy atom. The summed E-state index contributed by atoms with van der Waals surface area (Å²) < 4.78 is 110. The fourth-order valence-electron chi connectivity index (χ4n) is 24.3. The quantitative estimate of drug-likeness (QED) is 0.00922. The molecule has 8 saturated heterocycles. The topological polar surface area (TPSA) is 743 Å². The number of allylic oxidation sites excluding steroid dienone is 4. The molecule has 13 aliphatic rings. The van der Waals surface area contributed by atoms with E-state index in [9.17, 15) is 138 Å². The third-order valence-electron chi connectivity index (χ3n) is 33.6. The molecule has 0 spiro atoms. The van der Waals surface area contributed by atoms with Crippen molar-refractivity contribution in [3.8, 4) is 0 Å². The first-order valence-electron chi connectivity index (χ1n) is 49.2. The Morgan fingerprint density at radius 2 is 0.909 bits per heavy atom. The van der Waals surface area contributed by atoms with Crippen molar-refractivity contribution in [1.82, 2.24) is 0 Å².